The fraction of sp³-hybridized carbons (Fsp3) is 0.120. The Labute approximate surface area is 222 Å². The molecule has 1 atom stereocenters. The Morgan fingerprint density at radius 2 is 1.53 bits per heavy atom. The summed E-state index contributed by atoms with van der Waals surface area (Å²) in [6.07, 6.45) is -0.142. The average Bonchev–Trinajstić information content (AvgIpc) is 3.09. The first-order valence-corrected chi connectivity index (χ1v) is 11.9. The predicted octanol–water partition coefficient (Wildman–Crippen LogP) is 4.61. The van der Waals surface area contributed by atoms with Crippen LogP contribution in [0.1, 0.15) is 12.5 Å². The topological polar surface area (TPSA) is 103 Å². The number of carbonyl (C=O) groups is 3. The average molecular weight is 545 g/mol. The lowest BCUT2D eigenvalue weighted by Gasteiger charge is -2.31. The maximum Gasteiger partial charge on any atom is 0.302 e. The molecule has 0 fully saturated rings. The van der Waals surface area contributed by atoms with Gasteiger partial charge in [0.1, 0.15) is 0 Å². The molecule has 1 aliphatic heterocycles. The molecule has 0 bridgehead atoms. The van der Waals surface area contributed by atoms with Crippen molar-refractivity contribution in [2.24, 2.45) is 5.10 Å². The summed E-state index contributed by atoms with van der Waals surface area (Å²) in [5.74, 6) is -1.75. The second-order valence-corrected chi connectivity index (χ2v) is 9.11. The van der Waals surface area contributed by atoms with Crippen LogP contribution in [-0.2, 0) is 20.8 Å². The van der Waals surface area contributed by atoms with Crippen LogP contribution < -0.4 is 21.0 Å². The molecule has 11 heteroatoms. The fourth-order valence-electron chi connectivity index (χ4n) is 3.67. The third-order valence-electron chi connectivity index (χ3n) is 5.20. The van der Waals surface area contributed by atoms with Crippen molar-refractivity contribution < 1.29 is 14.4 Å². The minimum Gasteiger partial charge on any atom is -0.348 e. The van der Waals surface area contributed by atoms with E-state index in [2.05, 4.69) is 21.1 Å². The Morgan fingerprint density at radius 3 is 2.11 bits per heavy atom. The van der Waals surface area contributed by atoms with Gasteiger partial charge in [0.25, 0.3) is 5.66 Å². The van der Waals surface area contributed by atoms with Gasteiger partial charge in [-0.1, -0.05) is 71.2 Å². The number of hydrogen-bond acceptors (Lipinski definition) is 5. The highest BCUT2D eigenvalue weighted by Crippen LogP contribution is 2.32. The van der Waals surface area contributed by atoms with E-state index in [1.807, 2.05) is 6.07 Å². The van der Waals surface area contributed by atoms with Crippen LogP contribution in [0.3, 0.4) is 0 Å². The SMILES string of the molecule is CC(=O)NC1(Nc2ccccc2)C(=O)N(c2ccccc2)N=C1NC(=O)Cc1cc(Cl)c(Cl)c(Cl)c1. The molecule has 36 heavy (non-hydrogen) atoms. The van der Waals surface area contributed by atoms with Crippen molar-refractivity contribution in [1.82, 2.24) is 10.6 Å². The minimum absolute atomic E-state index is 0.105. The predicted molar refractivity (Wildman–Crippen MR) is 141 cm³/mol. The highest BCUT2D eigenvalue weighted by atomic mass is 35.5. The van der Waals surface area contributed by atoms with Crippen LogP contribution in [0.15, 0.2) is 77.9 Å². The van der Waals surface area contributed by atoms with Crippen LogP contribution >= 0.6 is 34.8 Å². The third-order valence-corrected chi connectivity index (χ3v) is 6.40. The quantitative estimate of drug-likeness (QED) is 0.311. The molecule has 4 rings (SSSR count). The van der Waals surface area contributed by atoms with Crippen molar-refractivity contribution in [3.63, 3.8) is 0 Å². The van der Waals surface area contributed by atoms with Gasteiger partial charge in [-0.3, -0.25) is 14.4 Å². The van der Waals surface area contributed by atoms with E-state index in [0.717, 1.165) is 5.01 Å². The van der Waals surface area contributed by atoms with Crippen molar-refractivity contribution in [2.75, 3.05) is 10.3 Å². The highest BCUT2D eigenvalue weighted by Gasteiger charge is 2.54. The number of amidine groups is 1. The van der Waals surface area contributed by atoms with Gasteiger partial charge in [-0.05, 0) is 42.0 Å². The Morgan fingerprint density at radius 1 is 0.944 bits per heavy atom. The summed E-state index contributed by atoms with van der Waals surface area (Å²) < 4.78 is 0. The van der Waals surface area contributed by atoms with Crippen molar-refractivity contribution in [2.45, 2.75) is 19.0 Å². The van der Waals surface area contributed by atoms with E-state index < -0.39 is 23.4 Å². The lowest BCUT2D eigenvalue weighted by molar-refractivity contribution is -0.127. The third kappa shape index (κ3) is 5.31. The number of amides is 3. The van der Waals surface area contributed by atoms with E-state index in [-0.39, 0.29) is 27.3 Å². The van der Waals surface area contributed by atoms with Gasteiger partial charge >= 0.3 is 5.91 Å². The monoisotopic (exact) mass is 543 g/mol. The maximum atomic E-state index is 13.8. The van der Waals surface area contributed by atoms with Crippen LogP contribution in [0.25, 0.3) is 0 Å². The first-order chi connectivity index (χ1) is 17.2. The lowest BCUT2D eigenvalue weighted by atomic mass is 10.1. The molecule has 184 valence electrons. The molecule has 1 aliphatic rings. The van der Waals surface area contributed by atoms with Crippen molar-refractivity contribution in [3.05, 3.63) is 93.4 Å². The van der Waals surface area contributed by atoms with E-state index in [0.29, 0.717) is 16.9 Å². The number of hydrazone groups is 1. The second-order valence-electron chi connectivity index (χ2n) is 7.92. The normalized spacial score (nSPS) is 16.9. The Balaban J connectivity index is 1.72. The second kappa shape index (κ2) is 10.6. The van der Waals surface area contributed by atoms with E-state index >= 15 is 0 Å². The standard InChI is InChI=1S/C25H20Cl3N5O3/c1-15(34)30-25(31-17-8-4-2-5-9-17)23(32-33(24(25)36)18-10-6-3-7-11-18)29-21(35)14-16-12-19(26)22(28)20(27)13-16/h2-13,31H,14H2,1H3,(H,30,34)(H,29,32,35). The summed E-state index contributed by atoms with van der Waals surface area (Å²) in [5.41, 5.74) is -0.410. The molecule has 0 spiro atoms. The van der Waals surface area contributed by atoms with E-state index in [9.17, 15) is 14.4 Å². The fourth-order valence-corrected chi connectivity index (χ4v) is 4.32. The van der Waals surface area contributed by atoms with Crippen LogP contribution in [0.4, 0.5) is 11.4 Å². The van der Waals surface area contributed by atoms with Gasteiger partial charge < -0.3 is 16.0 Å². The van der Waals surface area contributed by atoms with Crippen LogP contribution in [0.2, 0.25) is 15.1 Å². The van der Waals surface area contributed by atoms with Gasteiger partial charge in [-0.15, -0.1) is 5.10 Å². The Hall–Kier alpha value is -3.59. The number of rotatable bonds is 6. The number of nitrogens with zero attached hydrogens (tertiary/aromatic N) is 2. The van der Waals surface area contributed by atoms with Gasteiger partial charge in [0.05, 0.1) is 27.2 Å². The summed E-state index contributed by atoms with van der Waals surface area (Å²) in [6, 6.07) is 20.5. The largest absolute Gasteiger partial charge is 0.348 e. The molecule has 0 saturated heterocycles. The van der Waals surface area contributed by atoms with E-state index in [4.69, 9.17) is 34.8 Å². The van der Waals surface area contributed by atoms with Gasteiger partial charge in [-0.2, -0.15) is 5.01 Å². The zero-order valence-corrected chi connectivity index (χ0v) is 21.2. The molecule has 1 heterocycles. The van der Waals surface area contributed by atoms with Gasteiger partial charge in [0.15, 0.2) is 5.84 Å². The first kappa shape index (κ1) is 25.5. The summed E-state index contributed by atoms with van der Waals surface area (Å²) >= 11 is 18.2. The smallest absolute Gasteiger partial charge is 0.302 e. The van der Waals surface area contributed by atoms with Crippen LogP contribution in [0, 0.1) is 0 Å². The van der Waals surface area contributed by atoms with Crippen molar-refractivity contribution in [1.29, 1.82) is 0 Å². The van der Waals surface area contributed by atoms with Gasteiger partial charge in [0.2, 0.25) is 11.8 Å². The van der Waals surface area contributed by atoms with Crippen LogP contribution in [-0.4, -0.2) is 29.2 Å². The molecule has 0 radical (unpaired) electrons. The van der Waals surface area contributed by atoms with Crippen molar-refractivity contribution in [3.8, 4) is 0 Å². The summed E-state index contributed by atoms with van der Waals surface area (Å²) in [6.45, 7) is 1.27. The summed E-state index contributed by atoms with van der Waals surface area (Å²) in [7, 11) is 0. The molecule has 3 N–H and O–H groups in total. The van der Waals surface area contributed by atoms with Gasteiger partial charge in [-0.25, -0.2) is 0 Å². The molecular weight excluding hydrogens is 525 g/mol. The zero-order valence-electron chi connectivity index (χ0n) is 18.9. The first-order valence-electron chi connectivity index (χ1n) is 10.7. The molecule has 3 amide bonds. The number of carbonyl (C=O) groups excluding carboxylic acids is 3. The molecule has 0 aliphatic carbocycles. The number of hydrogen-bond donors (Lipinski definition) is 3. The van der Waals surface area contributed by atoms with E-state index in [1.54, 1.807) is 54.6 Å². The molecular formula is C25H20Cl3N5O3. The van der Waals surface area contributed by atoms with Gasteiger partial charge in [0, 0.05) is 12.6 Å². The van der Waals surface area contributed by atoms with E-state index in [1.165, 1.54) is 19.1 Å². The highest BCUT2D eigenvalue weighted by molar-refractivity contribution is 6.48. The lowest BCUT2D eigenvalue weighted by Crippen LogP contribution is -2.67. The zero-order chi connectivity index (χ0) is 25.9. The summed E-state index contributed by atoms with van der Waals surface area (Å²) in [4.78, 5) is 39.1. The molecule has 3 aromatic rings. The number of anilines is 2. The maximum absolute atomic E-state index is 13.8. The number of para-hydroxylation sites is 2. The van der Waals surface area contributed by atoms with Crippen LogP contribution in [0.5, 0.6) is 0 Å². The number of halogens is 3. The molecule has 0 saturated carbocycles. The molecule has 3 aromatic carbocycles. The molecule has 8 nitrogen and oxygen atoms in total. The summed E-state index contributed by atoms with van der Waals surface area (Å²) in [5, 5.41) is 14.5. The number of nitrogens with one attached hydrogen (secondary N) is 3. The van der Waals surface area contributed by atoms with Crippen molar-refractivity contribution >= 4 is 69.7 Å². The molecule has 0 aromatic heterocycles. The number of benzene rings is 3. The Bertz CT molecular complexity index is 1330. The molecule has 1 unspecified atom stereocenters. The Kier molecular flexibility index (Phi) is 7.49. The minimum atomic E-state index is -1.88.